The second kappa shape index (κ2) is 10.6. The normalized spacial score (nSPS) is 19.8. The highest BCUT2D eigenvalue weighted by atomic mass is 16.6. The van der Waals surface area contributed by atoms with Crippen LogP contribution in [0.4, 0.5) is 0 Å². The molecule has 0 spiro atoms. The van der Waals surface area contributed by atoms with Crippen molar-refractivity contribution in [1.82, 2.24) is 0 Å². The van der Waals surface area contributed by atoms with Crippen molar-refractivity contribution in [3.63, 3.8) is 0 Å². The molecule has 0 N–H and O–H groups in total. The lowest BCUT2D eigenvalue weighted by Gasteiger charge is -2.09. The molecule has 1 aromatic rings. The second-order valence-electron chi connectivity index (χ2n) is 7.26. The maximum atomic E-state index is 5.82. The molecule has 0 amide bonds. The lowest BCUT2D eigenvalue weighted by molar-refractivity contribution is 0.202. The van der Waals surface area contributed by atoms with Gasteiger partial charge in [-0.3, -0.25) is 0 Å². The van der Waals surface area contributed by atoms with Crippen LogP contribution in [0.1, 0.15) is 70.8 Å². The molecule has 2 rings (SSSR count). The third-order valence-corrected chi connectivity index (χ3v) is 4.57. The first kappa shape index (κ1) is 19.1. The molecule has 1 fully saturated rings. The summed E-state index contributed by atoms with van der Waals surface area (Å²) in [5, 5.41) is 0. The molecule has 1 unspecified atom stereocenters. The van der Waals surface area contributed by atoms with E-state index >= 15 is 0 Å². The minimum Gasteiger partial charge on any atom is -0.490 e. The molecular weight excluding hydrogens is 296 g/mol. The average molecular weight is 331 g/mol. The first-order valence-electron chi connectivity index (χ1n) is 9.72. The quantitative estimate of drug-likeness (QED) is 0.248. The van der Waals surface area contributed by atoms with Gasteiger partial charge >= 0.3 is 0 Å². The maximum Gasteiger partial charge on any atom is 0.123 e. The standard InChI is InChI=1S/C22H34O2/c1-3-4-5-6-7-8-9-10-11-12-14-20-15-13-16-21(17-20)23-18-22(2)19-24-22/h11-13,15-17H,3-10,14,18-19H2,1-2H3/b12-11+. The van der Waals surface area contributed by atoms with Gasteiger partial charge in [-0.15, -0.1) is 0 Å². The zero-order chi connectivity index (χ0) is 17.1. The van der Waals surface area contributed by atoms with E-state index in [1.54, 1.807) is 0 Å². The Kier molecular flexibility index (Phi) is 8.38. The topological polar surface area (TPSA) is 21.8 Å². The van der Waals surface area contributed by atoms with Crippen molar-refractivity contribution < 1.29 is 9.47 Å². The Morgan fingerprint density at radius 2 is 1.83 bits per heavy atom. The summed E-state index contributed by atoms with van der Waals surface area (Å²) in [6.45, 7) is 5.82. The molecule has 24 heavy (non-hydrogen) atoms. The van der Waals surface area contributed by atoms with Gasteiger partial charge < -0.3 is 9.47 Å². The molecule has 0 bridgehead atoms. The summed E-state index contributed by atoms with van der Waals surface area (Å²) >= 11 is 0. The highest BCUT2D eigenvalue weighted by Crippen LogP contribution is 2.27. The summed E-state index contributed by atoms with van der Waals surface area (Å²) < 4.78 is 11.2. The largest absolute Gasteiger partial charge is 0.490 e. The van der Waals surface area contributed by atoms with E-state index in [1.807, 2.05) is 6.07 Å². The molecule has 0 saturated carbocycles. The summed E-state index contributed by atoms with van der Waals surface area (Å²) in [6, 6.07) is 8.41. The van der Waals surface area contributed by atoms with Crippen LogP contribution >= 0.6 is 0 Å². The van der Waals surface area contributed by atoms with Crippen LogP contribution in [0.3, 0.4) is 0 Å². The summed E-state index contributed by atoms with van der Waals surface area (Å²) in [5.41, 5.74) is 1.26. The third kappa shape index (κ3) is 8.01. The highest BCUT2D eigenvalue weighted by Gasteiger charge is 2.40. The van der Waals surface area contributed by atoms with E-state index in [-0.39, 0.29) is 5.60 Å². The van der Waals surface area contributed by atoms with E-state index in [0.29, 0.717) is 6.61 Å². The fraction of sp³-hybridized carbons (Fsp3) is 0.636. The molecule has 1 saturated heterocycles. The third-order valence-electron chi connectivity index (χ3n) is 4.57. The monoisotopic (exact) mass is 330 g/mol. The van der Waals surface area contributed by atoms with Gasteiger partial charge in [0.2, 0.25) is 0 Å². The molecule has 1 atom stereocenters. The van der Waals surface area contributed by atoms with E-state index < -0.39 is 0 Å². The zero-order valence-electron chi connectivity index (χ0n) is 15.6. The lowest BCUT2D eigenvalue weighted by atomic mass is 10.1. The second-order valence-corrected chi connectivity index (χ2v) is 7.26. The SMILES string of the molecule is CCCCCCCCC/C=C/Cc1cccc(OCC2(C)CO2)c1. The van der Waals surface area contributed by atoms with E-state index in [2.05, 4.69) is 44.2 Å². The van der Waals surface area contributed by atoms with Gasteiger partial charge in [0, 0.05) is 0 Å². The van der Waals surface area contributed by atoms with Gasteiger partial charge in [0.05, 0.1) is 6.61 Å². The van der Waals surface area contributed by atoms with Gasteiger partial charge in [-0.1, -0.05) is 69.7 Å². The summed E-state index contributed by atoms with van der Waals surface area (Å²) in [4.78, 5) is 0. The van der Waals surface area contributed by atoms with Gasteiger partial charge in [0.25, 0.3) is 0 Å². The fourth-order valence-electron chi connectivity index (χ4n) is 2.76. The van der Waals surface area contributed by atoms with Crippen molar-refractivity contribution in [2.24, 2.45) is 0 Å². The Bertz CT molecular complexity index is 488. The number of hydrogen-bond acceptors (Lipinski definition) is 2. The Morgan fingerprint density at radius 3 is 2.58 bits per heavy atom. The van der Waals surface area contributed by atoms with E-state index in [0.717, 1.165) is 18.8 Å². The minimum atomic E-state index is -0.0492. The average Bonchev–Trinajstić information content (AvgIpc) is 3.33. The predicted molar refractivity (Wildman–Crippen MR) is 102 cm³/mol. The summed E-state index contributed by atoms with van der Waals surface area (Å²) in [5.74, 6) is 0.949. The molecule has 1 aliphatic heterocycles. The lowest BCUT2D eigenvalue weighted by Crippen LogP contribution is -2.16. The van der Waals surface area contributed by atoms with E-state index in [1.165, 1.54) is 56.9 Å². The number of hydrogen-bond donors (Lipinski definition) is 0. The summed E-state index contributed by atoms with van der Waals surface area (Å²) in [6.07, 6.45) is 16.5. The van der Waals surface area contributed by atoms with Crippen LogP contribution in [-0.4, -0.2) is 18.8 Å². The molecule has 2 heteroatoms. The Hall–Kier alpha value is -1.28. The first-order valence-corrected chi connectivity index (χ1v) is 9.72. The van der Waals surface area contributed by atoms with Gasteiger partial charge in [-0.05, 0) is 43.9 Å². The highest BCUT2D eigenvalue weighted by molar-refractivity contribution is 5.30. The Labute approximate surface area is 148 Å². The van der Waals surface area contributed by atoms with Crippen molar-refractivity contribution in [2.75, 3.05) is 13.2 Å². The first-order chi connectivity index (χ1) is 11.7. The van der Waals surface area contributed by atoms with Gasteiger partial charge in [0.15, 0.2) is 0 Å². The van der Waals surface area contributed by atoms with E-state index in [9.17, 15) is 0 Å². The van der Waals surface area contributed by atoms with Crippen LogP contribution in [0.5, 0.6) is 5.75 Å². The molecule has 0 radical (unpaired) electrons. The number of ether oxygens (including phenoxy) is 2. The molecule has 1 aliphatic rings. The number of allylic oxidation sites excluding steroid dienone is 2. The smallest absolute Gasteiger partial charge is 0.123 e. The van der Waals surface area contributed by atoms with Crippen molar-refractivity contribution in [3.8, 4) is 5.75 Å². The fourth-order valence-corrected chi connectivity index (χ4v) is 2.76. The van der Waals surface area contributed by atoms with Crippen molar-refractivity contribution in [3.05, 3.63) is 42.0 Å². The molecule has 2 nitrogen and oxygen atoms in total. The van der Waals surface area contributed by atoms with Crippen LogP contribution in [0.2, 0.25) is 0 Å². The van der Waals surface area contributed by atoms with Gasteiger partial charge in [-0.25, -0.2) is 0 Å². The number of unbranched alkanes of at least 4 members (excludes halogenated alkanes) is 7. The number of rotatable bonds is 13. The Balaban J connectivity index is 1.56. The predicted octanol–water partition coefficient (Wildman–Crippen LogP) is 6.09. The molecule has 0 aromatic heterocycles. The van der Waals surface area contributed by atoms with Crippen LogP contribution in [0.15, 0.2) is 36.4 Å². The van der Waals surface area contributed by atoms with Crippen molar-refractivity contribution >= 4 is 0 Å². The van der Waals surface area contributed by atoms with Crippen LogP contribution < -0.4 is 4.74 Å². The van der Waals surface area contributed by atoms with Crippen molar-refractivity contribution in [2.45, 2.75) is 77.2 Å². The maximum absolute atomic E-state index is 5.82. The zero-order valence-corrected chi connectivity index (χ0v) is 15.6. The Morgan fingerprint density at radius 1 is 1.08 bits per heavy atom. The summed E-state index contributed by atoms with van der Waals surface area (Å²) in [7, 11) is 0. The molecule has 1 aromatic carbocycles. The van der Waals surface area contributed by atoms with E-state index in [4.69, 9.17) is 9.47 Å². The molecule has 0 aliphatic carbocycles. The minimum absolute atomic E-state index is 0.0492. The van der Waals surface area contributed by atoms with Gasteiger partial charge in [-0.2, -0.15) is 0 Å². The number of epoxide rings is 1. The van der Waals surface area contributed by atoms with Crippen LogP contribution in [0.25, 0.3) is 0 Å². The molecular formula is C22H34O2. The van der Waals surface area contributed by atoms with Crippen molar-refractivity contribution in [1.29, 1.82) is 0 Å². The van der Waals surface area contributed by atoms with Gasteiger partial charge in [0.1, 0.15) is 18.0 Å². The van der Waals surface area contributed by atoms with Crippen LogP contribution in [0, 0.1) is 0 Å². The molecule has 134 valence electrons. The van der Waals surface area contributed by atoms with Crippen LogP contribution in [-0.2, 0) is 11.2 Å². The molecule has 1 heterocycles. The number of benzene rings is 1.